The lowest BCUT2D eigenvalue weighted by atomic mass is 9.86. The number of aliphatic hydroxyl groups is 1. The Hall–Kier alpha value is -3.41. The smallest absolute Gasteiger partial charge is 0.199 e. The molecule has 4 aromatic rings. The summed E-state index contributed by atoms with van der Waals surface area (Å²) in [6.45, 7) is 2.18. The predicted octanol–water partition coefficient (Wildman–Crippen LogP) is 3.92. The second-order valence-electron chi connectivity index (χ2n) is 7.33. The van der Waals surface area contributed by atoms with E-state index < -0.39 is 64.0 Å². The van der Waals surface area contributed by atoms with Crippen LogP contribution >= 0.6 is 0 Å². The molecule has 0 aliphatic carbocycles. The molecule has 0 radical (unpaired) electrons. The first-order valence-corrected chi connectivity index (χ1v) is 9.27. The number of hydrogen-bond acceptors (Lipinski definition) is 4. The number of aryl methyl sites for hydroxylation is 1. The van der Waals surface area contributed by atoms with Crippen molar-refractivity contribution in [1.82, 2.24) is 24.5 Å². The van der Waals surface area contributed by atoms with Gasteiger partial charge in [-0.3, -0.25) is 4.68 Å². The number of fused-ring (bicyclic) bond motifs is 1. The zero-order valence-electron chi connectivity index (χ0n) is 16.6. The average molecular weight is 455 g/mol. The predicted molar refractivity (Wildman–Crippen MR) is 99.3 cm³/mol. The van der Waals surface area contributed by atoms with E-state index in [0.717, 1.165) is 23.1 Å². The maximum atomic E-state index is 14.7. The van der Waals surface area contributed by atoms with Gasteiger partial charge in [0.1, 0.15) is 35.4 Å². The van der Waals surface area contributed by atoms with Crippen molar-refractivity contribution in [3.8, 4) is 0 Å². The van der Waals surface area contributed by atoms with Gasteiger partial charge in [0, 0.05) is 17.3 Å². The summed E-state index contributed by atoms with van der Waals surface area (Å²) in [5, 5.41) is 18.7. The first-order valence-electron chi connectivity index (χ1n) is 9.27. The van der Waals surface area contributed by atoms with Crippen LogP contribution in [0, 0.1) is 41.8 Å². The number of aromatic nitrogens is 5. The van der Waals surface area contributed by atoms with Crippen LogP contribution in [-0.4, -0.2) is 29.7 Å². The van der Waals surface area contributed by atoms with Gasteiger partial charge in [0.2, 0.25) is 0 Å². The number of rotatable bonds is 5. The molecule has 6 nitrogen and oxygen atoms in total. The van der Waals surface area contributed by atoms with Crippen LogP contribution in [0.25, 0.3) is 10.9 Å². The maximum Gasteiger partial charge on any atom is 0.199 e. The number of benzene rings is 2. The van der Waals surface area contributed by atoms with Crippen LogP contribution in [0.15, 0.2) is 30.9 Å². The van der Waals surface area contributed by atoms with E-state index in [9.17, 15) is 31.4 Å². The van der Waals surface area contributed by atoms with Gasteiger partial charge in [0.15, 0.2) is 23.3 Å². The summed E-state index contributed by atoms with van der Waals surface area (Å²) in [6, 6.07) is 1.22. The Labute approximate surface area is 176 Å². The van der Waals surface area contributed by atoms with E-state index in [0.29, 0.717) is 6.07 Å². The molecule has 0 fully saturated rings. The first kappa shape index (κ1) is 21.8. The molecule has 0 aliphatic rings. The fourth-order valence-corrected chi connectivity index (χ4v) is 3.77. The Kier molecular flexibility index (Phi) is 5.19. The summed E-state index contributed by atoms with van der Waals surface area (Å²) < 4.78 is 86.4. The van der Waals surface area contributed by atoms with Crippen molar-refractivity contribution >= 4 is 10.9 Å². The molecule has 12 heteroatoms. The quantitative estimate of drug-likeness (QED) is 0.282. The Morgan fingerprint density at radius 3 is 2.34 bits per heavy atom. The van der Waals surface area contributed by atoms with Gasteiger partial charge in [-0.05, 0) is 19.9 Å². The van der Waals surface area contributed by atoms with Gasteiger partial charge in [-0.15, -0.1) is 0 Å². The van der Waals surface area contributed by atoms with Crippen molar-refractivity contribution < 1.29 is 31.4 Å². The highest BCUT2D eigenvalue weighted by Gasteiger charge is 2.42. The van der Waals surface area contributed by atoms with Gasteiger partial charge < -0.3 is 5.11 Å². The van der Waals surface area contributed by atoms with Crippen molar-refractivity contribution in [2.75, 3.05) is 0 Å². The Morgan fingerprint density at radius 2 is 1.72 bits per heavy atom. The van der Waals surface area contributed by atoms with Crippen LogP contribution in [0.4, 0.5) is 26.3 Å². The molecule has 32 heavy (non-hydrogen) atoms. The van der Waals surface area contributed by atoms with Gasteiger partial charge >= 0.3 is 0 Å². The Bertz CT molecular complexity index is 1320. The highest BCUT2D eigenvalue weighted by atomic mass is 19.2. The van der Waals surface area contributed by atoms with E-state index in [1.807, 2.05) is 0 Å². The van der Waals surface area contributed by atoms with E-state index in [1.165, 1.54) is 24.9 Å². The molecule has 0 saturated carbocycles. The average Bonchev–Trinajstić information content (AvgIpc) is 3.37. The molecule has 0 saturated heterocycles. The van der Waals surface area contributed by atoms with Crippen LogP contribution in [0.5, 0.6) is 0 Å². The second kappa shape index (κ2) is 7.62. The molecular weight excluding hydrogens is 440 g/mol. The van der Waals surface area contributed by atoms with Crippen molar-refractivity contribution in [2.45, 2.75) is 32.0 Å². The van der Waals surface area contributed by atoms with E-state index in [4.69, 9.17) is 0 Å². The molecule has 2 aromatic heterocycles. The lowest BCUT2D eigenvalue weighted by Crippen LogP contribution is -2.41. The Balaban J connectivity index is 1.94. The SMILES string of the molecule is Cc1c2c(F)c(F)c(F)c(F)c2nn1[C@H](C)[C@](O)(Cn1cncn1)c1ccc(F)cc1F. The normalized spacial score (nSPS) is 14.7. The van der Waals surface area contributed by atoms with Crippen LogP contribution in [-0.2, 0) is 12.1 Å². The van der Waals surface area contributed by atoms with Gasteiger partial charge in [0.05, 0.1) is 18.0 Å². The molecule has 2 heterocycles. The van der Waals surface area contributed by atoms with E-state index in [2.05, 4.69) is 15.2 Å². The van der Waals surface area contributed by atoms with Crippen LogP contribution in [0.3, 0.4) is 0 Å². The van der Waals surface area contributed by atoms with Crippen LogP contribution in [0.2, 0.25) is 0 Å². The molecular formula is C20H15F6N5O. The van der Waals surface area contributed by atoms with Gasteiger partial charge in [-0.25, -0.2) is 36.0 Å². The molecule has 0 unspecified atom stereocenters. The van der Waals surface area contributed by atoms with E-state index >= 15 is 0 Å². The van der Waals surface area contributed by atoms with Crippen molar-refractivity contribution in [3.05, 3.63) is 77.0 Å². The summed E-state index contributed by atoms with van der Waals surface area (Å²) in [6.07, 6.45) is 2.39. The summed E-state index contributed by atoms with van der Waals surface area (Å²) in [7, 11) is 0. The Morgan fingerprint density at radius 1 is 1.03 bits per heavy atom. The first-order chi connectivity index (χ1) is 15.1. The zero-order chi connectivity index (χ0) is 23.4. The number of halogens is 6. The fourth-order valence-electron chi connectivity index (χ4n) is 3.77. The number of nitrogens with zero attached hydrogens (tertiary/aromatic N) is 5. The van der Waals surface area contributed by atoms with E-state index in [-0.39, 0.29) is 11.3 Å². The van der Waals surface area contributed by atoms with Crippen LogP contribution in [0.1, 0.15) is 24.2 Å². The molecule has 0 aliphatic heterocycles. The molecule has 168 valence electrons. The highest BCUT2D eigenvalue weighted by Crippen LogP contribution is 2.39. The monoisotopic (exact) mass is 455 g/mol. The van der Waals surface area contributed by atoms with E-state index in [1.54, 1.807) is 0 Å². The highest BCUT2D eigenvalue weighted by molar-refractivity contribution is 5.83. The van der Waals surface area contributed by atoms with Gasteiger partial charge in [-0.2, -0.15) is 10.2 Å². The molecule has 2 atom stereocenters. The molecule has 4 rings (SSSR count). The maximum absolute atomic E-state index is 14.7. The van der Waals surface area contributed by atoms with Gasteiger partial charge in [0.25, 0.3) is 0 Å². The fraction of sp³-hybridized carbons (Fsp3) is 0.250. The summed E-state index contributed by atoms with van der Waals surface area (Å²) in [5.74, 6) is -9.38. The third kappa shape index (κ3) is 3.22. The molecule has 0 spiro atoms. The standard InChI is InChI=1S/C20H15F6N5O/c1-9-14-15(23)16(24)17(25)18(26)19(14)29-31(9)10(2)20(32,6-30-8-27-7-28-30)12-4-3-11(21)5-13(12)22/h3-5,7-8,10,32H,6H2,1-2H3/t10-,20-/m1/s1. The molecule has 0 bridgehead atoms. The molecule has 0 amide bonds. The molecule has 1 N–H and O–H groups in total. The second-order valence-corrected chi connectivity index (χ2v) is 7.33. The largest absolute Gasteiger partial charge is 0.381 e. The number of hydrogen-bond donors (Lipinski definition) is 1. The van der Waals surface area contributed by atoms with Crippen molar-refractivity contribution in [2.24, 2.45) is 0 Å². The minimum absolute atomic E-state index is 0.151. The van der Waals surface area contributed by atoms with Gasteiger partial charge in [-0.1, -0.05) is 6.07 Å². The lowest BCUT2D eigenvalue weighted by molar-refractivity contribution is -0.0373. The minimum atomic E-state index is -2.21. The molecule has 2 aromatic carbocycles. The van der Waals surface area contributed by atoms with Crippen LogP contribution < -0.4 is 0 Å². The third-order valence-electron chi connectivity index (χ3n) is 5.48. The lowest BCUT2D eigenvalue weighted by Gasteiger charge is -2.35. The summed E-state index contributed by atoms with van der Waals surface area (Å²) in [4.78, 5) is 3.75. The summed E-state index contributed by atoms with van der Waals surface area (Å²) in [5.41, 5.74) is -3.52. The minimum Gasteiger partial charge on any atom is -0.381 e. The topological polar surface area (TPSA) is 68.8 Å². The zero-order valence-corrected chi connectivity index (χ0v) is 16.6. The van der Waals surface area contributed by atoms with Crippen molar-refractivity contribution in [3.63, 3.8) is 0 Å². The summed E-state index contributed by atoms with van der Waals surface area (Å²) >= 11 is 0. The third-order valence-corrected chi connectivity index (χ3v) is 5.48. The van der Waals surface area contributed by atoms with Crippen molar-refractivity contribution in [1.29, 1.82) is 0 Å².